The molecule has 2 aromatic rings. The van der Waals surface area contributed by atoms with E-state index in [1.807, 2.05) is 0 Å². The summed E-state index contributed by atoms with van der Waals surface area (Å²) in [5.41, 5.74) is 1.63. The quantitative estimate of drug-likeness (QED) is 0.783. The monoisotopic (exact) mass is 373 g/mol. The molecule has 1 aliphatic heterocycles. The molecule has 8 heteroatoms. The predicted molar refractivity (Wildman–Crippen MR) is 98.6 cm³/mol. The van der Waals surface area contributed by atoms with E-state index in [0.29, 0.717) is 29.9 Å². The molecule has 1 N–H and O–H groups in total. The number of Topliss-reactive ketones (excluding diaryl/α,β-unsaturated/α-hetero) is 1. The third kappa shape index (κ3) is 4.26. The van der Waals surface area contributed by atoms with Crippen molar-refractivity contribution in [3.8, 4) is 0 Å². The molecule has 1 fully saturated rings. The van der Waals surface area contributed by atoms with Gasteiger partial charge in [-0.05, 0) is 42.8 Å². The third-order valence-corrected chi connectivity index (χ3v) is 5.97. The van der Waals surface area contributed by atoms with E-state index in [4.69, 9.17) is 0 Å². The van der Waals surface area contributed by atoms with Gasteiger partial charge in [-0.2, -0.15) is 0 Å². The van der Waals surface area contributed by atoms with Crippen LogP contribution in [0.25, 0.3) is 0 Å². The van der Waals surface area contributed by atoms with Crippen LogP contribution in [-0.2, 0) is 14.8 Å². The third-order valence-electron chi connectivity index (χ3n) is 4.10. The Hall–Kier alpha value is -2.74. The van der Waals surface area contributed by atoms with Crippen molar-refractivity contribution in [3.63, 3.8) is 0 Å². The smallest absolute Gasteiger partial charge is 0.235 e. The molecule has 1 aromatic heterocycles. The Balaban J connectivity index is 1.54. The second-order valence-corrected chi connectivity index (χ2v) is 8.01. The second-order valence-electron chi connectivity index (χ2n) is 6.00. The number of benzene rings is 1. The molecule has 0 aliphatic carbocycles. The Bertz CT molecular complexity index is 896. The summed E-state index contributed by atoms with van der Waals surface area (Å²) in [4.78, 5) is 27.9. The number of hydrogen-bond donors (Lipinski definition) is 1. The lowest BCUT2D eigenvalue weighted by Crippen LogP contribution is -2.25. The molecule has 7 nitrogen and oxygen atoms in total. The summed E-state index contributed by atoms with van der Waals surface area (Å²) in [7, 11) is -3.22. The number of ketones is 1. The summed E-state index contributed by atoms with van der Waals surface area (Å²) in [6.45, 7) is 0.477. The Morgan fingerprint density at radius 1 is 1.12 bits per heavy atom. The molecule has 2 heterocycles. The molecule has 1 aliphatic rings. The lowest BCUT2D eigenvalue weighted by atomic mass is 10.1. The van der Waals surface area contributed by atoms with Crippen molar-refractivity contribution >= 4 is 33.1 Å². The molecule has 1 amide bonds. The number of aromatic nitrogens is 1. The summed E-state index contributed by atoms with van der Waals surface area (Å²) in [6.07, 6.45) is 3.84. The van der Waals surface area contributed by atoms with Crippen molar-refractivity contribution in [2.45, 2.75) is 19.3 Å². The number of rotatable bonds is 6. The first-order chi connectivity index (χ1) is 12.5. The molecule has 0 bridgehead atoms. The van der Waals surface area contributed by atoms with Gasteiger partial charge in [-0.25, -0.2) is 8.42 Å². The van der Waals surface area contributed by atoms with Gasteiger partial charge in [0, 0.05) is 43.0 Å². The van der Waals surface area contributed by atoms with Crippen LogP contribution in [0.15, 0.2) is 48.8 Å². The minimum Gasteiger partial charge on any atom is -0.326 e. The van der Waals surface area contributed by atoms with Gasteiger partial charge in [0.05, 0.1) is 11.4 Å². The first-order valence-electron chi connectivity index (χ1n) is 8.29. The average molecular weight is 373 g/mol. The fraction of sp³-hybridized carbons (Fsp3) is 0.278. The highest BCUT2D eigenvalue weighted by molar-refractivity contribution is 7.93. The van der Waals surface area contributed by atoms with Crippen LogP contribution in [0.3, 0.4) is 0 Å². The molecule has 0 spiro atoms. The maximum atomic E-state index is 12.0. The lowest BCUT2D eigenvalue weighted by Gasteiger charge is -2.17. The minimum absolute atomic E-state index is 0.0655. The molecular formula is C18H19N3O4S. The number of nitrogens with zero attached hydrogens (tertiary/aromatic N) is 2. The summed E-state index contributed by atoms with van der Waals surface area (Å²) in [6, 6.07) is 9.99. The van der Waals surface area contributed by atoms with Gasteiger partial charge in [-0.1, -0.05) is 0 Å². The van der Waals surface area contributed by atoms with E-state index >= 15 is 0 Å². The second kappa shape index (κ2) is 7.65. The summed E-state index contributed by atoms with van der Waals surface area (Å²) in [5.74, 6) is -0.247. The summed E-state index contributed by atoms with van der Waals surface area (Å²) < 4.78 is 25.2. The number of sulfonamides is 1. The maximum absolute atomic E-state index is 12.0. The van der Waals surface area contributed by atoms with Gasteiger partial charge in [-0.3, -0.25) is 18.9 Å². The Labute approximate surface area is 152 Å². The Morgan fingerprint density at radius 3 is 2.50 bits per heavy atom. The molecule has 0 atom stereocenters. The molecule has 0 unspecified atom stereocenters. The van der Waals surface area contributed by atoms with E-state index in [1.165, 1.54) is 10.5 Å². The molecule has 26 heavy (non-hydrogen) atoms. The molecule has 136 valence electrons. The van der Waals surface area contributed by atoms with Gasteiger partial charge in [0.25, 0.3) is 0 Å². The highest BCUT2D eigenvalue weighted by atomic mass is 32.2. The Morgan fingerprint density at radius 2 is 1.88 bits per heavy atom. The predicted octanol–water partition coefficient (Wildman–Crippen LogP) is 2.22. The van der Waals surface area contributed by atoms with E-state index < -0.39 is 10.0 Å². The van der Waals surface area contributed by atoms with Crippen LogP contribution in [0.2, 0.25) is 0 Å². The Kier molecular flexibility index (Phi) is 5.32. The van der Waals surface area contributed by atoms with Gasteiger partial charge >= 0.3 is 0 Å². The van der Waals surface area contributed by atoms with E-state index in [2.05, 4.69) is 10.3 Å². The van der Waals surface area contributed by atoms with Gasteiger partial charge in [0.15, 0.2) is 5.78 Å². The van der Waals surface area contributed by atoms with Crippen molar-refractivity contribution in [2.24, 2.45) is 0 Å². The van der Waals surface area contributed by atoms with Crippen LogP contribution in [0.1, 0.15) is 29.6 Å². The van der Waals surface area contributed by atoms with Crippen molar-refractivity contribution in [3.05, 3.63) is 54.4 Å². The fourth-order valence-corrected chi connectivity index (χ4v) is 4.33. The van der Waals surface area contributed by atoms with Gasteiger partial charge in [-0.15, -0.1) is 0 Å². The normalized spacial score (nSPS) is 15.6. The van der Waals surface area contributed by atoms with Crippen LogP contribution in [-0.4, -0.2) is 37.4 Å². The molecule has 3 rings (SSSR count). The van der Waals surface area contributed by atoms with Gasteiger partial charge in [0.1, 0.15) is 0 Å². The zero-order valence-corrected chi connectivity index (χ0v) is 14.9. The molecule has 0 radical (unpaired) electrons. The molecule has 0 saturated carbocycles. The zero-order valence-electron chi connectivity index (χ0n) is 14.1. The summed E-state index contributed by atoms with van der Waals surface area (Å²) in [5, 5.41) is 2.71. The number of amides is 1. The van der Waals surface area contributed by atoms with Crippen LogP contribution >= 0.6 is 0 Å². The topological polar surface area (TPSA) is 96.4 Å². The number of anilines is 2. The molecule has 1 aromatic carbocycles. The van der Waals surface area contributed by atoms with E-state index in [0.717, 1.165) is 0 Å². The summed E-state index contributed by atoms with van der Waals surface area (Å²) >= 11 is 0. The number of carbonyl (C=O) groups excluding carboxylic acids is 2. The van der Waals surface area contributed by atoms with Crippen LogP contribution in [0, 0.1) is 0 Å². The first-order valence-corrected chi connectivity index (χ1v) is 9.90. The number of carbonyl (C=O) groups is 2. The van der Waals surface area contributed by atoms with Crippen molar-refractivity contribution in [1.29, 1.82) is 0 Å². The molecular weight excluding hydrogens is 354 g/mol. The van der Waals surface area contributed by atoms with E-state index in [9.17, 15) is 18.0 Å². The largest absolute Gasteiger partial charge is 0.326 e. The van der Waals surface area contributed by atoms with E-state index in [1.54, 1.807) is 42.6 Å². The minimum atomic E-state index is -3.22. The zero-order chi connectivity index (χ0) is 18.6. The number of hydrogen-bond acceptors (Lipinski definition) is 5. The number of pyridine rings is 1. The lowest BCUT2D eigenvalue weighted by molar-refractivity contribution is -0.116. The van der Waals surface area contributed by atoms with Crippen LogP contribution in [0.4, 0.5) is 11.4 Å². The highest BCUT2D eigenvalue weighted by Gasteiger charge is 2.28. The van der Waals surface area contributed by atoms with Crippen molar-refractivity contribution in [1.82, 2.24) is 4.98 Å². The van der Waals surface area contributed by atoms with Crippen LogP contribution in [0.5, 0.6) is 0 Å². The van der Waals surface area contributed by atoms with Crippen LogP contribution < -0.4 is 9.62 Å². The average Bonchev–Trinajstić information content (AvgIpc) is 3.00. The highest BCUT2D eigenvalue weighted by Crippen LogP contribution is 2.25. The van der Waals surface area contributed by atoms with Crippen molar-refractivity contribution in [2.75, 3.05) is 21.9 Å². The fourth-order valence-electron chi connectivity index (χ4n) is 2.76. The van der Waals surface area contributed by atoms with E-state index in [-0.39, 0.29) is 30.3 Å². The van der Waals surface area contributed by atoms with Gasteiger partial charge < -0.3 is 5.32 Å². The number of nitrogens with one attached hydrogen (secondary N) is 1. The standard InChI is InChI=1S/C18H19N3O4S/c22-17(14-3-1-10-19-13-14)8-9-18(23)20-15-4-6-16(7-5-15)21-11-2-12-26(21,24)25/h1,3-7,10,13H,2,8-9,11-12H2,(H,20,23). The van der Waals surface area contributed by atoms with Crippen molar-refractivity contribution < 1.29 is 18.0 Å². The SMILES string of the molecule is O=C(CCC(=O)c1cccnc1)Nc1ccc(N2CCCS2(=O)=O)cc1. The maximum Gasteiger partial charge on any atom is 0.235 e. The molecule has 1 saturated heterocycles. The first kappa shape index (κ1) is 18.1. The van der Waals surface area contributed by atoms with Gasteiger partial charge in [0.2, 0.25) is 15.9 Å².